The zero-order valence-electron chi connectivity index (χ0n) is 4.71. The van der Waals surface area contributed by atoms with Gasteiger partial charge >= 0.3 is 70.2 Å². The Morgan fingerprint density at radius 3 is 1.00 bits per heavy atom. The summed E-state index contributed by atoms with van der Waals surface area (Å²) in [5.74, 6) is 0. The third-order valence-corrected chi connectivity index (χ3v) is 0. The van der Waals surface area contributed by atoms with Crippen molar-refractivity contribution in [1.82, 2.24) is 0 Å². The largest absolute Gasteiger partial charge is 1.00 e. The summed E-state index contributed by atoms with van der Waals surface area (Å²) < 4.78 is 0. The Morgan fingerprint density at radius 1 is 1.00 bits per heavy atom. The van der Waals surface area contributed by atoms with E-state index in [9.17, 15) is 0 Å². The van der Waals surface area contributed by atoms with Crippen LogP contribution in [0.25, 0.3) is 10.8 Å². The summed E-state index contributed by atoms with van der Waals surface area (Å²) in [5.41, 5.74) is 0. The van der Waals surface area contributed by atoms with Gasteiger partial charge < -0.3 is 10.8 Å². The molecule has 6 heteroatoms. The average molecular weight is 162 g/mol. The molecule has 0 N–H and O–H groups in total. The van der Waals surface area contributed by atoms with Crippen LogP contribution in [0, 0.1) is 0 Å². The third-order valence-electron chi connectivity index (χ3n) is 0. The zero-order valence-corrected chi connectivity index (χ0v) is 9.47. The van der Waals surface area contributed by atoms with Crippen molar-refractivity contribution >= 4 is 34.8 Å². The van der Waals surface area contributed by atoms with Crippen molar-refractivity contribution in [2.24, 2.45) is 0 Å². The Labute approximate surface area is 113 Å². The average Bonchev–Trinajstić information content (AvgIpc) is 1.39. The van der Waals surface area contributed by atoms with E-state index < -0.39 is 0 Å². The molecule has 0 saturated heterocycles. The second-order valence-corrected chi connectivity index (χ2v) is 0.548. The summed E-state index contributed by atoms with van der Waals surface area (Å²) in [4.78, 5) is 0. The molecule has 0 aromatic rings. The standard InChI is InChI=1S/2CNS.K.Li/c2*2-1-3;;/q2*-1;2*+1. The first kappa shape index (κ1) is 22.5. The second kappa shape index (κ2) is 36.9. The molecule has 0 bridgehead atoms. The van der Waals surface area contributed by atoms with Gasteiger partial charge in [-0.15, -0.1) is 0 Å². The first-order chi connectivity index (χ1) is 2.83. The monoisotopic (exact) mass is 162 g/mol. The fraction of sp³-hybridized carbons (Fsp3) is 0. The molecule has 0 rings (SSSR count). The number of hydrogen-bond acceptors (Lipinski definition) is 2. The summed E-state index contributed by atoms with van der Waals surface area (Å²) in [5, 5.41) is 16.9. The van der Waals surface area contributed by atoms with Crippen molar-refractivity contribution in [2.75, 3.05) is 0 Å². The summed E-state index contributed by atoms with van der Waals surface area (Å²) in [6.07, 6.45) is 0. The molecule has 0 saturated carbocycles. The molecular weight excluding hydrogens is 162 g/mol. The van der Waals surface area contributed by atoms with Gasteiger partial charge in [-0.25, -0.2) is 0 Å². The molecule has 0 radical (unpaired) electrons. The maximum absolute atomic E-state index is 7.13. The molecule has 0 aromatic heterocycles. The maximum atomic E-state index is 7.13. The van der Waals surface area contributed by atoms with Crippen molar-refractivity contribution in [3.63, 3.8) is 0 Å². The minimum atomic E-state index is 0. The molecule has 32 valence electrons. The van der Waals surface area contributed by atoms with Gasteiger partial charge in [0.05, 0.1) is 0 Å². The molecule has 0 amide bonds. The molecule has 0 aromatic carbocycles. The summed E-state index contributed by atoms with van der Waals surface area (Å²) in [6.45, 7) is 0. The minimum absolute atomic E-state index is 0. The van der Waals surface area contributed by atoms with E-state index in [-0.39, 0.29) is 70.2 Å². The van der Waals surface area contributed by atoms with Gasteiger partial charge in [-0.1, -0.05) is 24.4 Å². The zero-order chi connectivity index (χ0) is 5.41. The normalized spacial score (nSPS) is 2.00. The Balaban J connectivity index is -0.0000000160. The van der Waals surface area contributed by atoms with Crippen LogP contribution in [0.5, 0.6) is 0 Å². The van der Waals surface area contributed by atoms with Crippen molar-refractivity contribution < 1.29 is 70.2 Å². The number of nitrogens with zero attached hydrogens (tertiary/aromatic N) is 2. The van der Waals surface area contributed by atoms with Crippen molar-refractivity contribution in [1.29, 1.82) is 0 Å². The fourth-order valence-electron chi connectivity index (χ4n) is 0. The van der Waals surface area contributed by atoms with E-state index in [1.54, 1.807) is 0 Å². The molecule has 0 fully saturated rings. The van der Waals surface area contributed by atoms with Crippen LogP contribution in [0.3, 0.4) is 0 Å². The SMILES string of the molecule is [K+].[Li+].[N-]=C=S.[N-]=C=S. The van der Waals surface area contributed by atoms with Crippen LogP contribution in [0.2, 0.25) is 0 Å². The minimum Gasteiger partial charge on any atom is -0.753 e. The quantitative estimate of drug-likeness (QED) is 0.204. The Bertz CT molecular complexity index is 72.0. The van der Waals surface area contributed by atoms with E-state index in [4.69, 9.17) is 10.8 Å². The Morgan fingerprint density at radius 2 is 1.00 bits per heavy atom. The van der Waals surface area contributed by atoms with Crippen LogP contribution in [0.4, 0.5) is 0 Å². The molecule has 0 atom stereocenters. The van der Waals surface area contributed by atoms with E-state index >= 15 is 0 Å². The predicted octanol–water partition coefficient (Wildman–Crippen LogP) is -4.67. The molecule has 0 unspecified atom stereocenters. The second-order valence-electron chi connectivity index (χ2n) is 0.183. The first-order valence-corrected chi connectivity index (χ1v) is 1.67. The molecule has 0 spiro atoms. The van der Waals surface area contributed by atoms with Gasteiger partial charge in [-0.05, 0) is 0 Å². The third kappa shape index (κ3) is 109. The summed E-state index contributed by atoms with van der Waals surface area (Å²) in [7, 11) is 0. The number of rotatable bonds is 0. The van der Waals surface area contributed by atoms with Gasteiger partial charge in [-0.2, -0.15) is 10.3 Å². The molecular formula is C2KLiN2S2. The Kier molecular flexibility index (Phi) is 104. The van der Waals surface area contributed by atoms with Crippen molar-refractivity contribution in [3.05, 3.63) is 10.8 Å². The van der Waals surface area contributed by atoms with Crippen LogP contribution in [-0.2, 0) is 0 Å². The Hall–Kier alpha value is 1.83. The molecule has 2 nitrogen and oxygen atoms in total. The smallest absolute Gasteiger partial charge is 0.753 e. The molecule has 0 aliphatic rings. The van der Waals surface area contributed by atoms with E-state index in [0.29, 0.717) is 0 Å². The fourth-order valence-corrected chi connectivity index (χ4v) is 0. The number of thiocarbonyl (C=S) groups is 2. The number of hydrogen-bond donors (Lipinski definition) is 0. The molecule has 0 aliphatic heterocycles. The van der Waals surface area contributed by atoms with Crippen LogP contribution in [-0.4, -0.2) is 10.3 Å². The van der Waals surface area contributed by atoms with Gasteiger partial charge in [0.25, 0.3) is 0 Å². The van der Waals surface area contributed by atoms with Gasteiger partial charge in [-0.3, -0.25) is 0 Å². The van der Waals surface area contributed by atoms with E-state index in [2.05, 4.69) is 24.4 Å². The van der Waals surface area contributed by atoms with Crippen molar-refractivity contribution in [3.8, 4) is 0 Å². The van der Waals surface area contributed by atoms with Gasteiger partial charge in [0, 0.05) is 0 Å². The van der Waals surface area contributed by atoms with E-state index in [1.165, 1.54) is 10.3 Å². The van der Waals surface area contributed by atoms with Crippen molar-refractivity contribution in [2.45, 2.75) is 0 Å². The predicted molar refractivity (Wildman–Crippen MR) is 31.9 cm³/mol. The van der Waals surface area contributed by atoms with Crippen LogP contribution >= 0.6 is 24.4 Å². The van der Waals surface area contributed by atoms with E-state index in [1.807, 2.05) is 0 Å². The van der Waals surface area contributed by atoms with Gasteiger partial charge in [0.15, 0.2) is 0 Å². The van der Waals surface area contributed by atoms with Gasteiger partial charge in [0.2, 0.25) is 0 Å². The summed E-state index contributed by atoms with van der Waals surface area (Å²) in [6, 6.07) is 0. The topological polar surface area (TPSA) is 44.6 Å². The molecule has 0 heterocycles. The van der Waals surface area contributed by atoms with Crippen LogP contribution in [0.1, 0.15) is 0 Å². The molecule has 0 aliphatic carbocycles. The van der Waals surface area contributed by atoms with Crippen LogP contribution < -0.4 is 70.2 Å². The maximum Gasteiger partial charge on any atom is 1.00 e. The summed E-state index contributed by atoms with van der Waals surface area (Å²) >= 11 is 7.40. The first-order valence-electron chi connectivity index (χ1n) is 0.855. The molecule has 8 heavy (non-hydrogen) atoms. The van der Waals surface area contributed by atoms with Gasteiger partial charge in [0.1, 0.15) is 0 Å². The van der Waals surface area contributed by atoms with E-state index in [0.717, 1.165) is 0 Å². The van der Waals surface area contributed by atoms with Crippen LogP contribution in [0.15, 0.2) is 0 Å². The number of isothiocyanates is 2.